The van der Waals surface area contributed by atoms with Crippen molar-refractivity contribution in [1.29, 1.82) is 0 Å². The first kappa shape index (κ1) is 13.7. The molecule has 0 N–H and O–H groups in total. The molecular formula is C14H16N2O2S. The van der Waals surface area contributed by atoms with E-state index in [1.54, 1.807) is 23.5 Å². The van der Waals surface area contributed by atoms with Crippen LogP contribution in [0.15, 0.2) is 29.6 Å². The van der Waals surface area contributed by atoms with Crippen LogP contribution in [0.5, 0.6) is 0 Å². The van der Waals surface area contributed by atoms with Gasteiger partial charge in [-0.3, -0.25) is 10.1 Å². The first-order chi connectivity index (χ1) is 8.86. The molecule has 0 aliphatic heterocycles. The molecule has 0 bridgehead atoms. The van der Waals surface area contributed by atoms with E-state index in [-0.39, 0.29) is 16.0 Å². The molecule has 19 heavy (non-hydrogen) atoms. The van der Waals surface area contributed by atoms with E-state index in [1.807, 2.05) is 0 Å². The summed E-state index contributed by atoms with van der Waals surface area (Å²) in [7, 11) is 0. The van der Waals surface area contributed by atoms with Crippen LogP contribution < -0.4 is 0 Å². The first-order valence-electron chi connectivity index (χ1n) is 6.04. The summed E-state index contributed by atoms with van der Waals surface area (Å²) in [5.74, 6) is 0. The van der Waals surface area contributed by atoms with Crippen molar-refractivity contribution in [2.24, 2.45) is 0 Å². The Morgan fingerprint density at radius 2 is 1.89 bits per heavy atom. The highest BCUT2D eigenvalue weighted by Gasteiger charge is 2.17. The Balaban J connectivity index is 2.13. The van der Waals surface area contributed by atoms with E-state index in [1.165, 1.54) is 12.1 Å². The molecule has 5 heteroatoms. The van der Waals surface area contributed by atoms with E-state index in [0.717, 1.165) is 22.7 Å². The predicted molar refractivity (Wildman–Crippen MR) is 76.7 cm³/mol. The predicted octanol–water partition coefficient (Wildman–Crippen LogP) is 3.94. The largest absolute Gasteiger partial charge is 0.269 e. The molecule has 0 aliphatic carbocycles. The van der Waals surface area contributed by atoms with Gasteiger partial charge in [-0.2, -0.15) is 0 Å². The number of benzene rings is 1. The molecule has 0 atom stereocenters. The number of nitrogens with zero attached hydrogens (tertiary/aromatic N) is 2. The van der Waals surface area contributed by atoms with Crippen LogP contribution in [0.4, 0.5) is 5.69 Å². The van der Waals surface area contributed by atoms with Crippen molar-refractivity contribution >= 4 is 17.0 Å². The lowest BCUT2D eigenvalue weighted by Crippen LogP contribution is -2.11. The van der Waals surface area contributed by atoms with Crippen LogP contribution in [0.2, 0.25) is 0 Å². The molecule has 1 heterocycles. The second kappa shape index (κ2) is 5.09. The van der Waals surface area contributed by atoms with E-state index in [9.17, 15) is 10.1 Å². The van der Waals surface area contributed by atoms with Gasteiger partial charge in [-0.15, -0.1) is 11.3 Å². The quantitative estimate of drug-likeness (QED) is 0.630. The molecule has 0 aliphatic rings. The molecule has 1 aromatic carbocycles. The van der Waals surface area contributed by atoms with Crippen LogP contribution in [0, 0.1) is 10.1 Å². The van der Waals surface area contributed by atoms with Gasteiger partial charge in [-0.1, -0.05) is 32.9 Å². The molecule has 0 saturated heterocycles. The third-order valence-electron chi connectivity index (χ3n) is 2.82. The minimum absolute atomic E-state index is 0.0597. The number of aromatic nitrogens is 1. The Morgan fingerprint density at radius 3 is 2.37 bits per heavy atom. The normalized spacial score (nSPS) is 11.5. The third-order valence-corrected chi connectivity index (χ3v) is 3.67. The maximum atomic E-state index is 10.6. The number of rotatable bonds is 3. The van der Waals surface area contributed by atoms with E-state index < -0.39 is 0 Å². The zero-order valence-corrected chi connectivity index (χ0v) is 12.0. The lowest BCUT2D eigenvalue weighted by atomic mass is 9.93. The standard InChI is InChI=1S/C14H16N2O2S/c1-14(2,3)12-9-19-13(15-12)8-10-4-6-11(7-5-10)16(17)18/h4-7,9H,8H2,1-3H3. The smallest absolute Gasteiger partial charge is 0.258 e. The molecule has 100 valence electrons. The van der Waals surface area contributed by atoms with Crippen LogP contribution >= 0.6 is 11.3 Å². The molecular weight excluding hydrogens is 260 g/mol. The second-order valence-corrected chi connectivity index (χ2v) is 6.42. The van der Waals surface area contributed by atoms with Gasteiger partial charge in [-0.05, 0) is 5.56 Å². The molecule has 1 aromatic heterocycles. The molecule has 0 spiro atoms. The minimum Gasteiger partial charge on any atom is -0.258 e. The monoisotopic (exact) mass is 276 g/mol. The van der Waals surface area contributed by atoms with E-state index in [2.05, 4.69) is 31.1 Å². The Morgan fingerprint density at radius 1 is 1.26 bits per heavy atom. The number of thiazole rings is 1. The van der Waals surface area contributed by atoms with Gasteiger partial charge in [0.1, 0.15) is 0 Å². The molecule has 0 radical (unpaired) electrons. The van der Waals surface area contributed by atoms with Crippen molar-refractivity contribution in [3.05, 3.63) is 56.0 Å². The maximum Gasteiger partial charge on any atom is 0.269 e. The molecule has 0 unspecified atom stereocenters. The van der Waals surface area contributed by atoms with Gasteiger partial charge < -0.3 is 0 Å². The minimum atomic E-state index is -0.384. The van der Waals surface area contributed by atoms with Gasteiger partial charge in [-0.25, -0.2) is 4.98 Å². The average Bonchev–Trinajstić information content (AvgIpc) is 2.78. The lowest BCUT2D eigenvalue weighted by Gasteiger charge is -2.14. The fourth-order valence-electron chi connectivity index (χ4n) is 1.65. The fraction of sp³-hybridized carbons (Fsp3) is 0.357. The van der Waals surface area contributed by atoms with Gasteiger partial charge in [0.05, 0.1) is 15.6 Å². The summed E-state index contributed by atoms with van der Waals surface area (Å²) in [6, 6.07) is 6.65. The highest BCUT2D eigenvalue weighted by Crippen LogP contribution is 2.25. The van der Waals surface area contributed by atoms with Crippen molar-refractivity contribution < 1.29 is 4.92 Å². The molecule has 0 saturated carbocycles. The topological polar surface area (TPSA) is 56.0 Å². The van der Waals surface area contributed by atoms with Crippen LogP contribution in [-0.4, -0.2) is 9.91 Å². The van der Waals surface area contributed by atoms with E-state index in [0.29, 0.717) is 0 Å². The molecule has 0 fully saturated rings. The lowest BCUT2D eigenvalue weighted by molar-refractivity contribution is -0.384. The second-order valence-electron chi connectivity index (χ2n) is 5.48. The van der Waals surface area contributed by atoms with Crippen molar-refractivity contribution in [3.8, 4) is 0 Å². The zero-order valence-electron chi connectivity index (χ0n) is 11.2. The highest BCUT2D eigenvalue weighted by atomic mass is 32.1. The maximum absolute atomic E-state index is 10.6. The van der Waals surface area contributed by atoms with Crippen LogP contribution in [0.1, 0.15) is 37.0 Å². The van der Waals surface area contributed by atoms with Crippen LogP contribution in [0.3, 0.4) is 0 Å². The van der Waals surface area contributed by atoms with Crippen LogP contribution in [0.25, 0.3) is 0 Å². The summed E-state index contributed by atoms with van der Waals surface area (Å²) in [6.45, 7) is 6.41. The molecule has 4 nitrogen and oxygen atoms in total. The number of non-ortho nitro benzene ring substituents is 1. The van der Waals surface area contributed by atoms with Gasteiger partial charge in [0, 0.05) is 29.3 Å². The fourth-order valence-corrected chi connectivity index (χ4v) is 2.70. The zero-order chi connectivity index (χ0) is 14.0. The molecule has 2 rings (SSSR count). The summed E-state index contributed by atoms with van der Waals surface area (Å²) < 4.78 is 0. The Kier molecular flexibility index (Phi) is 3.66. The summed E-state index contributed by atoms with van der Waals surface area (Å²) in [4.78, 5) is 14.8. The van der Waals surface area contributed by atoms with Gasteiger partial charge >= 0.3 is 0 Å². The van der Waals surface area contributed by atoms with Gasteiger partial charge in [0.15, 0.2) is 0 Å². The van der Waals surface area contributed by atoms with E-state index >= 15 is 0 Å². The average molecular weight is 276 g/mol. The summed E-state index contributed by atoms with van der Waals surface area (Å²) in [5.41, 5.74) is 2.32. The van der Waals surface area contributed by atoms with Gasteiger partial charge in [0.25, 0.3) is 5.69 Å². The number of nitro groups is 1. The summed E-state index contributed by atoms with van der Waals surface area (Å²) in [6.07, 6.45) is 0.721. The van der Waals surface area contributed by atoms with Crippen molar-refractivity contribution in [2.45, 2.75) is 32.6 Å². The Hall–Kier alpha value is -1.75. The number of hydrogen-bond donors (Lipinski definition) is 0. The number of hydrogen-bond acceptors (Lipinski definition) is 4. The SMILES string of the molecule is CC(C)(C)c1csc(Cc2ccc([N+](=O)[O-])cc2)n1. The van der Waals surface area contributed by atoms with Crippen LogP contribution in [-0.2, 0) is 11.8 Å². The van der Waals surface area contributed by atoms with Crippen molar-refractivity contribution in [3.63, 3.8) is 0 Å². The first-order valence-corrected chi connectivity index (χ1v) is 6.92. The Labute approximate surface area is 116 Å². The molecule has 0 amide bonds. The van der Waals surface area contributed by atoms with E-state index in [4.69, 9.17) is 0 Å². The molecule has 2 aromatic rings. The summed E-state index contributed by atoms with van der Waals surface area (Å²) >= 11 is 1.64. The van der Waals surface area contributed by atoms with Gasteiger partial charge in [0.2, 0.25) is 0 Å². The number of nitro benzene ring substituents is 1. The van der Waals surface area contributed by atoms with Crippen molar-refractivity contribution in [1.82, 2.24) is 4.98 Å². The van der Waals surface area contributed by atoms with Crippen molar-refractivity contribution in [2.75, 3.05) is 0 Å². The Bertz CT molecular complexity index is 582. The summed E-state index contributed by atoms with van der Waals surface area (Å²) in [5, 5.41) is 13.7. The third kappa shape index (κ3) is 3.38. The highest BCUT2D eigenvalue weighted by molar-refractivity contribution is 7.09.